The molecule has 1 aromatic heterocycles. The number of thioether (sulfide) groups is 1. The number of hydrogen-bond donors (Lipinski definition) is 4. The van der Waals surface area contributed by atoms with Crippen LogP contribution in [0.1, 0.15) is 5.37 Å². The molecule has 1 aliphatic heterocycles. The lowest BCUT2D eigenvalue weighted by Gasteiger charge is -2.17. The van der Waals surface area contributed by atoms with Gasteiger partial charge in [0.1, 0.15) is 11.5 Å². The second-order valence-electron chi connectivity index (χ2n) is 3.87. The predicted molar refractivity (Wildman–Crippen MR) is 73.6 cm³/mol. The minimum absolute atomic E-state index is 0.297. The van der Waals surface area contributed by atoms with Crippen molar-refractivity contribution in [1.82, 2.24) is 9.55 Å². The maximum absolute atomic E-state index is 11.7. The van der Waals surface area contributed by atoms with E-state index in [0.29, 0.717) is 3.57 Å². The van der Waals surface area contributed by atoms with Crippen molar-refractivity contribution < 1.29 is 15.3 Å². The van der Waals surface area contributed by atoms with Gasteiger partial charge in [0.25, 0.3) is 5.56 Å². The van der Waals surface area contributed by atoms with Crippen molar-refractivity contribution in [2.45, 2.75) is 22.8 Å². The van der Waals surface area contributed by atoms with E-state index in [9.17, 15) is 19.8 Å². The number of rotatable bonds is 2. The lowest BCUT2D eigenvalue weighted by Crippen LogP contribution is -2.38. The van der Waals surface area contributed by atoms with Gasteiger partial charge < -0.3 is 15.3 Å². The lowest BCUT2D eigenvalue weighted by molar-refractivity contribution is 0.0101. The summed E-state index contributed by atoms with van der Waals surface area (Å²) >= 11 is 2.87. The molecular formula is C9H11IN2O5S. The van der Waals surface area contributed by atoms with Gasteiger partial charge in [-0.25, -0.2) is 4.79 Å². The van der Waals surface area contributed by atoms with Crippen LogP contribution in [0.2, 0.25) is 0 Å². The van der Waals surface area contributed by atoms with Crippen LogP contribution in [0.25, 0.3) is 0 Å². The van der Waals surface area contributed by atoms with E-state index in [1.165, 1.54) is 6.20 Å². The number of aliphatic hydroxyl groups excluding tert-OH is 3. The molecule has 2 heterocycles. The molecule has 100 valence electrons. The van der Waals surface area contributed by atoms with Gasteiger partial charge in [0, 0.05) is 6.20 Å². The molecule has 7 nitrogen and oxygen atoms in total. The summed E-state index contributed by atoms with van der Waals surface area (Å²) in [5.41, 5.74) is -1.14. The lowest BCUT2D eigenvalue weighted by atomic mass is 10.1. The van der Waals surface area contributed by atoms with Crippen LogP contribution in [0.3, 0.4) is 0 Å². The molecule has 1 saturated heterocycles. The Bertz CT molecular complexity index is 559. The Hall–Kier alpha value is -0.360. The average molecular weight is 386 g/mol. The van der Waals surface area contributed by atoms with Gasteiger partial charge in [0.2, 0.25) is 0 Å². The highest BCUT2D eigenvalue weighted by atomic mass is 127. The van der Waals surface area contributed by atoms with Gasteiger partial charge >= 0.3 is 5.69 Å². The molecule has 2 rings (SSSR count). The van der Waals surface area contributed by atoms with Crippen molar-refractivity contribution in [1.29, 1.82) is 0 Å². The zero-order valence-corrected chi connectivity index (χ0v) is 12.0. The number of aromatic amines is 1. The summed E-state index contributed by atoms with van der Waals surface area (Å²) in [5.74, 6) is 0. The van der Waals surface area contributed by atoms with Crippen LogP contribution < -0.4 is 11.2 Å². The number of aromatic nitrogens is 2. The largest absolute Gasteiger partial charge is 0.395 e. The van der Waals surface area contributed by atoms with Crippen molar-refractivity contribution in [2.75, 3.05) is 6.61 Å². The zero-order chi connectivity index (χ0) is 13.4. The number of H-pyrrole nitrogens is 1. The van der Waals surface area contributed by atoms with Crippen LogP contribution in [0.4, 0.5) is 0 Å². The fourth-order valence-electron chi connectivity index (χ4n) is 1.76. The summed E-state index contributed by atoms with van der Waals surface area (Å²) in [5, 5.41) is 27.3. The predicted octanol–water partition coefficient (Wildman–Crippen LogP) is -1.53. The van der Waals surface area contributed by atoms with Crippen LogP contribution in [0, 0.1) is 3.57 Å². The Morgan fingerprint density at radius 3 is 2.61 bits per heavy atom. The van der Waals surface area contributed by atoms with Gasteiger partial charge in [-0.05, 0) is 22.6 Å². The second-order valence-corrected chi connectivity index (χ2v) is 6.40. The third kappa shape index (κ3) is 2.37. The molecule has 9 heteroatoms. The Balaban J connectivity index is 2.42. The minimum atomic E-state index is -1.17. The monoisotopic (exact) mass is 386 g/mol. The number of nitrogens with one attached hydrogen (secondary N) is 1. The van der Waals surface area contributed by atoms with E-state index in [4.69, 9.17) is 5.11 Å². The molecule has 0 amide bonds. The SMILES string of the molecule is O=c1[nH]c(=O)n([C@H]2S[C@H](CO)[C@@H](O)[C@@H]2O)cc1I. The van der Waals surface area contributed by atoms with Crippen LogP contribution >= 0.6 is 34.4 Å². The molecular weight excluding hydrogens is 375 g/mol. The van der Waals surface area contributed by atoms with Crippen LogP contribution in [-0.2, 0) is 0 Å². The highest BCUT2D eigenvalue weighted by molar-refractivity contribution is 14.1. The molecule has 1 aliphatic rings. The Kier molecular flexibility index (Phi) is 4.16. The molecule has 4 atom stereocenters. The normalized spacial score (nSPS) is 31.8. The van der Waals surface area contributed by atoms with Crippen molar-refractivity contribution >= 4 is 34.4 Å². The molecule has 0 unspecified atom stereocenters. The Labute approximate surface area is 119 Å². The fourth-order valence-corrected chi connectivity index (χ4v) is 3.57. The number of nitrogens with zero attached hydrogens (tertiary/aromatic N) is 1. The van der Waals surface area contributed by atoms with Crippen molar-refractivity contribution in [3.8, 4) is 0 Å². The highest BCUT2D eigenvalue weighted by Gasteiger charge is 2.43. The van der Waals surface area contributed by atoms with Crippen LogP contribution in [0.5, 0.6) is 0 Å². The molecule has 4 N–H and O–H groups in total. The van der Waals surface area contributed by atoms with Crippen molar-refractivity contribution in [3.63, 3.8) is 0 Å². The number of aliphatic hydroxyl groups is 3. The van der Waals surface area contributed by atoms with E-state index in [2.05, 4.69) is 4.98 Å². The molecule has 1 aromatic rings. The maximum Gasteiger partial charge on any atom is 0.329 e. The summed E-state index contributed by atoms with van der Waals surface area (Å²) in [6, 6.07) is 0. The van der Waals surface area contributed by atoms with E-state index >= 15 is 0 Å². The zero-order valence-electron chi connectivity index (χ0n) is 8.99. The quantitative estimate of drug-likeness (QED) is 0.459. The van der Waals surface area contributed by atoms with Gasteiger partial charge in [0.15, 0.2) is 0 Å². The molecule has 0 bridgehead atoms. The summed E-state index contributed by atoms with van der Waals surface area (Å²) in [6.07, 6.45) is -0.956. The highest BCUT2D eigenvalue weighted by Crippen LogP contribution is 2.40. The first kappa shape index (κ1) is 14.1. The molecule has 0 spiro atoms. The molecule has 0 radical (unpaired) electrons. The van der Waals surface area contributed by atoms with Gasteiger partial charge in [-0.1, -0.05) is 0 Å². The smallest absolute Gasteiger partial charge is 0.329 e. The number of halogens is 1. The van der Waals surface area contributed by atoms with Crippen LogP contribution in [-0.4, -0.2) is 48.9 Å². The molecule has 18 heavy (non-hydrogen) atoms. The first-order valence-corrected chi connectivity index (χ1v) is 7.11. The standard InChI is InChI=1S/C9H11IN2O5S/c10-3-1-12(9(17)11-7(3)16)8-6(15)5(14)4(2-13)18-8/h1,4-6,8,13-15H,2H2,(H,11,16,17)/t4-,5-,6+,8+/m1/s1. The summed E-state index contributed by atoms with van der Waals surface area (Å²) < 4.78 is 1.47. The fraction of sp³-hybridized carbons (Fsp3) is 0.556. The second kappa shape index (κ2) is 5.33. The van der Waals surface area contributed by atoms with Crippen LogP contribution in [0.15, 0.2) is 15.8 Å². The van der Waals surface area contributed by atoms with E-state index in [-0.39, 0.29) is 6.61 Å². The molecule has 1 fully saturated rings. The third-order valence-electron chi connectivity index (χ3n) is 2.72. The topological polar surface area (TPSA) is 116 Å². The van der Waals surface area contributed by atoms with Gasteiger partial charge in [-0.2, -0.15) is 0 Å². The molecule has 0 saturated carbocycles. The minimum Gasteiger partial charge on any atom is -0.395 e. The molecule has 0 aromatic carbocycles. The van der Waals surface area contributed by atoms with E-state index < -0.39 is 34.1 Å². The van der Waals surface area contributed by atoms with Crippen molar-refractivity contribution in [2.24, 2.45) is 0 Å². The van der Waals surface area contributed by atoms with Gasteiger partial charge in [-0.15, -0.1) is 11.8 Å². The summed E-state index contributed by atoms with van der Waals surface area (Å²) in [7, 11) is 0. The average Bonchev–Trinajstić information content (AvgIpc) is 2.61. The van der Waals surface area contributed by atoms with E-state index in [0.717, 1.165) is 16.3 Å². The van der Waals surface area contributed by atoms with Gasteiger partial charge in [0.05, 0.1) is 21.5 Å². The Morgan fingerprint density at radius 1 is 1.39 bits per heavy atom. The van der Waals surface area contributed by atoms with Crippen molar-refractivity contribution in [3.05, 3.63) is 30.6 Å². The maximum atomic E-state index is 11.7. The summed E-state index contributed by atoms with van der Waals surface area (Å²) in [4.78, 5) is 25.0. The third-order valence-corrected chi connectivity index (χ3v) is 5.05. The summed E-state index contributed by atoms with van der Waals surface area (Å²) in [6.45, 7) is -0.297. The van der Waals surface area contributed by atoms with E-state index in [1.807, 2.05) is 0 Å². The van der Waals surface area contributed by atoms with E-state index in [1.54, 1.807) is 22.6 Å². The Morgan fingerprint density at radius 2 is 2.06 bits per heavy atom. The number of hydrogen-bond acceptors (Lipinski definition) is 6. The molecule has 0 aliphatic carbocycles. The first-order chi connectivity index (χ1) is 8.45. The van der Waals surface area contributed by atoms with Gasteiger partial charge in [-0.3, -0.25) is 14.3 Å². The first-order valence-electron chi connectivity index (χ1n) is 5.09.